The Balaban J connectivity index is 1.85. The van der Waals surface area contributed by atoms with E-state index in [9.17, 15) is 4.79 Å². The molecule has 2 nitrogen and oxygen atoms in total. The van der Waals surface area contributed by atoms with Crippen molar-refractivity contribution in [1.29, 1.82) is 0 Å². The fourth-order valence-electron chi connectivity index (χ4n) is 2.82. The molecule has 4 heteroatoms. The Kier molecular flexibility index (Phi) is 5.97. The third-order valence-electron chi connectivity index (χ3n) is 4.19. The molecule has 132 valence electrons. The second-order valence-electron chi connectivity index (χ2n) is 6.25. The van der Waals surface area contributed by atoms with E-state index in [0.29, 0.717) is 22.0 Å². The van der Waals surface area contributed by atoms with E-state index in [-0.39, 0.29) is 11.8 Å². The summed E-state index contributed by atoms with van der Waals surface area (Å²) >= 11 is 11.9. The minimum Gasteiger partial charge on any atom is -0.378 e. The Hall–Kier alpha value is -2.29. The average molecular weight is 384 g/mol. The van der Waals surface area contributed by atoms with Gasteiger partial charge >= 0.3 is 0 Å². The number of Topliss-reactive ketones (excluding diaryl/α,β-unsaturated/α-hetero) is 1. The zero-order chi connectivity index (χ0) is 18.5. The van der Waals surface area contributed by atoms with Crippen LogP contribution in [-0.2, 0) is 0 Å². The Bertz CT molecular complexity index is 889. The van der Waals surface area contributed by atoms with Gasteiger partial charge in [-0.1, -0.05) is 47.5 Å². The first-order valence-electron chi connectivity index (χ1n) is 8.39. The molecule has 0 fully saturated rings. The number of carbonyl (C=O) groups excluding carboxylic acids is 1. The quantitative estimate of drug-likeness (QED) is 0.478. The van der Waals surface area contributed by atoms with E-state index in [4.69, 9.17) is 23.2 Å². The Labute approximate surface area is 163 Å². The molecule has 1 N–H and O–H groups in total. The van der Waals surface area contributed by atoms with Crippen LogP contribution in [0.2, 0.25) is 10.0 Å². The maximum Gasteiger partial charge on any atom is 0.165 e. The number of rotatable bonds is 6. The lowest BCUT2D eigenvalue weighted by atomic mass is 9.97. The highest BCUT2D eigenvalue weighted by Gasteiger charge is 2.17. The van der Waals surface area contributed by atoms with E-state index >= 15 is 0 Å². The Morgan fingerprint density at radius 3 is 2.15 bits per heavy atom. The Morgan fingerprint density at radius 2 is 1.54 bits per heavy atom. The summed E-state index contributed by atoms with van der Waals surface area (Å²) in [4.78, 5) is 12.8. The van der Waals surface area contributed by atoms with Crippen LogP contribution in [0.15, 0.2) is 72.8 Å². The van der Waals surface area contributed by atoms with Crippen LogP contribution in [0.3, 0.4) is 0 Å². The van der Waals surface area contributed by atoms with E-state index in [1.54, 1.807) is 24.3 Å². The van der Waals surface area contributed by atoms with Gasteiger partial charge in [0, 0.05) is 27.7 Å². The number of nitrogens with one attached hydrogen (secondary N) is 1. The molecule has 0 bridgehead atoms. The van der Waals surface area contributed by atoms with Crippen LogP contribution >= 0.6 is 23.2 Å². The summed E-state index contributed by atoms with van der Waals surface area (Å²) in [5.74, 6) is 0.0572. The molecule has 0 amide bonds. The second-order valence-corrected chi connectivity index (χ2v) is 7.13. The zero-order valence-electron chi connectivity index (χ0n) is 14.4. The van der Waals surface area contributed by atoms with Gasteiger partial charge in [-0.15, -0.1) is 0 Å². The van der Waals surface area contributed by atoms with Gasteiger partial charge in [-0.3, -0.25) is 4.79 Å². The zero-order valence-corrected chi connectivity index (χ0v) is 15.9. The van der Waals surface area contributed by atoms with Crippen molar-refractivity contribution >= 4 is 34.7 Å². The highest BCUT2D eigenvalue weighted by molar-refractivity contribution is 6.30. The molecule has 1 atom stereocenters. The van der Waals surface area contributed by atoms with Crippen molar-refractivity contribution in [3.63, 3.8) is 0 Å². The van der Waals surface area contributed by atoms with E-state index in [0.717, 1.165) is 16.8 Å². The van der Waals surface area contributed by atoms with Crippen molar-refractivity contribution in [2.45, 2.75) is 19.4 Å². The van der Waals surface area contributed by atoms with Crippen LogP contribution in [0.5, 0.6) is 0 Å². The first kappa shape index (κ1) is 18.5. The summed E-state index contributed by atoms with van der Waals surface area (Å²) in [5.41, 5.74) is 3.81. The van der Waals surface area contributed by atoms with Crippen LogP contribution < -0.4 is 5.32 Å². The standard InChI is InChI=1S/C22H19Cl2NO/c1-15-3-2-4-20(13-15)25-21(16-5-9-18(23)10-6-16)14-22(26)17-7-11-19(24)12-8-17/h2-13,21,25H,14H2,1H3. The van der Waals surface area contributed by atoms with E-state index in [1.165, 1.54) is 0 Å². The fourth-order valence-corrected chi connectivity index (χ4v) is 3.07. The number of aryl methyl sites for hydroxylation is 1. The smallest absolute Gasteiger partial charge is 0.165 e. The molecule has 0 aliphatic rings. The largest absolute Gasteiger partial charge is 0.378 e. The lowest BCUT2D eigenvalue weighted by Crippen LogP contribution is -2.16. The normalized spacial score (nSPS) is 11.8. The maximum absolute atomic E-state index is 12.8. The number of anilines is 1. The van der Waals surface area contributed by atoms with Crippen molar-refractivity contribution in [3.05, 3.63) is 99.5 Å². The minimum atomic E-state index is -0.155. The van der Waals surface area contributed by atoms with Gasteiger partial charge < -0.3 is 5.32 Å². The first-order valence-corrected chi connectivity index (χ1v) is 9.14. The molecule has 0 heterocycles. The van der Waals surface area contributed by atoms with Crippen molar-refractivity contribution in [2.75, 3.05) is 5.32 Å². The van der Waals surface area contributed by atoms with Crippen LogP contribution in [0.25, 0.3) is 0 Å². The molecule has 1 unspecified atom stereocenters. The van der Waals surface area contributed by atoms with Gasteiger partial charge in [-0.2, -0.15) is 0 Å². The SMILES string of the molecule is Cc1cccc(NC(CC(=O)c2ccc(Cl)cc2)c2ccc(Cl)cc2)c1. The fraction of sp³-hybridized carbons (Fsp3) is 0.136. The van der Waals surface area contributed by atoms with Crippen LogP contribution in [0.4, 0.5) is 5.69 Å². The maximum atomic E-state index is 12.8. The lowest BCUT2D eigenvalue weighted by Gasteiger charge is -2.20. The first-order chi connectivity index (χ1) is 12.5. The highest BCUT2D eigenvalue weighted by Crippen LogP contribution is 2.26. The molecular formula is C22H19Cl2NO. The van der Waals surface area contributed by atoms with E-state index in [2.05, 4.69) is 11.4 Å². The molecule has 0 spiro atoms. The van der Waals surface area contributed by atoms with Crippen molar-refractivity contribution in [3.8, 4) is 0 Å². The van der Waals surface area contributed by atoms with E-state index < -0.39 is 0 Å². The number of carbonyl (C=O) groups is 1. The van der Waals surface area contributed by atoms with Gasteiger partial charge in [0.15, 0.2) is 5.78 Å². The molecule has 3 aromatic rings. The molecule has 3 rings (SSSR count). The number of benzene rings is 3. The summed E-state index contributed by atoms with van der Waals surface area (Å²) in [7, 11) is 0. The highest BCUT2D eigenvalue weighted by atomic mass is 35.5. The average Bonchev–Trinajstić information content (AvgIpc) is 2.62. The molecule has 0 saturated carbocycles. The molecule has 0 aromatic heterocycles. The topological polar surface area (TPSA) is 29.1 Å². The predicted octanol–water partition coefficient (Wildman–Crippen LogP) is 6.73. The molecule has 0 aliphatic carbocycles. The Morgan fingerprint density at radius 1 is 0.923 bits per heavy atom. The van der Waals surface area contributed by atoms with Crippen molar-refractivity contribution < 1.29 is 4.79 Å². The minimum absolute atomic E-state index is 0.0572. The molecule has 26 heavy (non-hydrogen) atoms. The number of halogens is 2. The number of ketones is 1. The monoisotopic (exact) mass is 383 g/mol. The summed E-state index contributed by atoms with van der Waals surface area (Å²) in [5, 5.41) is 4.77. The van der Waals surface area contributed by atoms with Crippen molar-refractivity contribution in [1.82, 2.24) is 0 Å². The molecule has 0 radical (unpaired) electrons. The van der Waals surface area contributed by atoms with E-state index in [1.807, 2.05) is 49.4 Å². The van der Waals surface area contributed by atoms with Gasteiger partial charge in [0.2, 0.25) is 0 Å². The molecule has 3 aromatic carbocycles. The summed E-state index contributed by atoms with van der Waals surface area (Å²) < 4.78 is 0. The summed E-state index contributed by atoms with van der Waals surface area (Å²) in [6.45, 7) is 2.04. The van der Waals surface area contributed by atoms with Gasteiger partial charge in [0.25, 0.3) is 0 Å². The van der Waals surface area contributed by atoms with Gasteiger partial charge in [-0.25, -0.2) is 0 Å². The second kappa shape index (κ2) is 8.39. The van der Waals surface area contributed by atoms with Gasteiger partial charge in [0.05, 0.1) is 6.04 Å². The van der Waals surface area contributed by atoms with Crippen LogP contribution in [0, 0.1) is 6.92 Å². The predicted molar refractivity (Wildman–Crippen MR) is 109 cm³/mol. The van der Waals surface area contributed by atoms with Crippen LogP contribution in [-0.4, -0.2) is 5.78 Å². The lowest BCUT2D eigenvalue weighted by molar-refractivity contribution is 0.0976. The van der Waals surface area contributed by atoms with Gasteiger partial charge in [0.1, 0.15) is 0 Å². The van der Waals surface area contributed by atoms with Gasteiger partial charge in [-0.05, 0) is 66.6 Å². The number of hydrogen-bond acceptors (Lipinski definition) is 2. The number of hydrogen-bond donors (Lipinski definition) is 1. The van der Waals surface area contributed by atoms with Crippen LogP contribution in [0.1, 0.15) is 33.9 Å². The molecular weight excluding hydrogens is 365 g/mol. The molecule has 0 saturated heterocycles. The summed E-state index contributed by atoms with van der Waals surface area (Å²) in [6.07, 6.45) is 0.331. The summed E-state index contributed by atoms with van der Waals surface area (Å²) in [6, 6.07) is 22.5. The third-order valence-corrected chi connectivity index (χ3v) is 4.69. The molecule has 0 aliphatic heterocycles. The third kappa shape index (κ3) is 4.87. The van der Waals surface area contributed by atoms with Crippen molar-refractivity contribution in [2.24, 2.45) is 0 Å².